The molecule has 1 aromatic carbocycles. The molecule has 1 N–H and O–H groups in total. The Labute approximate surface area is 194 Å². The van der Waals surface area contributed by atoms with Crippen LogP contribution in [0.15, 0.2) is 33.9 Å². The van der Waals surface area contributed by atoms with Gasteiger partial charge in [-0.2, -0.15) is 0 Å². The molecule has 11 heteroatoms. The maximum Gasteiger partial charge on any atom is 0.330 e. The smallest absolute Gasteiger partial charge is 0.330 e. The largest absolute Gasteiger partial charge is 0.482 e. The highest BCUT2D eigenvalue weighted by Gasteiger charge is 2.26. The quantitative estimate of drug-likeness (QED) is 0.471. The van der Waals surface area contributed by atoms with Crippen LogP contribution in [-0.2, 0) is 34.0 Å². The molecule has 1 amide bonds. The SMILES string of the molecule is CCCCn1c(=O)[nH]c(=O)c2c1nc(COC(=O)CCN1C(=O)COc3ccccc31)n2CC. The third kappa shape index (κ3) is 4.45. The number of anilines is 1. The average molecular weight is 469 g/mol. The number of aromatic nitrogens is 4. The van der Waals surface area contributed by atoms with E-state index >= 15 is 0 Å². The Bertz CT molecular complexity index is 1340. The van der Waals surface area contributed by atoms with Crippen LogP contribution in [-0.4, -0.2) is 44.1 Å². The maximum absolute atomic E-state index is 12.5. The number of carbonyl (C=O) groups excluding carboxylic acids is 2. The second kappa shape index (κ2) is 9.94. The summed E-state index contributed by atoms with van der Waals surface area (Å²) in [7, 11) is 0. The van der Waals surface area contributed by atoms with Crippen molar-refractivity contribution in [1.82, 2.24) is 19.1 Å². The van der Waals surface area contributed by atoms with Gasteiger partial charge in [0.15, 0.2) is 17.8 Å². The number of fused-ring (bicyclic) bond motifs is 2. The summed E-state index contributed by atoms with van der Waals surface area (Å²) in [5, 5.41) is 0. The van der Waals surface area contributed by atoms with Crippen molar-refractivity contribution >= 4 is 28.7 Å². The molecule has 0 fully saturated rings. The molecule has 0 spiro atoms. The summed E-state index contributed by atoms with van der Waals surface area (Å²) < 4.78 is 13.9. The second-order valence-corrected chi connectivity index (χ2v) is 7.92. The molecule has 11 nitrogen and oxygen atoms in total. The first kappa shape index (κ1) is 23.3. The standard InChI is InChI=1S/C23H27N5O6/c1-3-5-11-28-21-20(22(31)25-23(28)32)26(4-2)17(24-21)13-34-19(30)10-12-27-15-8-6-7-9-16(15)33-14-18(27)29/h6-9H,3-5,10-14H2,1-2H3,(H,25,31,32). The van der Waals surface area contributed by atoms with E-state index in [1.165, 1.54) is 9.47 Å². The lowest BCUT2D eigenvalue weighted by Gasteiger charge is -2.28. The van der Waals surface area contributed by atoms with Crippen LogP contribution in [0.2, 0.25) is 0 Å². The number of H-pyrrole nitrogens is 1. The molecule has 2 aromatic heterocycles. The van der Waals surface area contributed by atoms with E-state index in [0.29, 0.717) is 30.4 Å². The molecule has 0 aliphatic carbocycles. The van der Waals surface area contributed by atoms with E-state index in [1.807, 2.05) is 19.9 Å². The minimum atomic E-state index is -0.524. The number of unbranched alkanes of at least 4 members (excludes halogenated alkanes) is 1. The lowest BCUT2D eigenvalue weighted by molar-refractivity contribution is -0.145. The number of nitrogens with one attached hydrogen (secondary N) is 1. The third-order valence-electron chi connectivity index (χ3n) is 5.73. The van der Waals surface area contributed by atoms with Crippen LogP contribution in [0, 0.1) is 0 Å². The molecular formula is C23H27N5O6. The third-order valence-corrected chi connectivity index (χ3v) is 5.73. The van der Waals surface area contributed by atoms with Gasteiger partial charge in [-0.15, -0.1) is 0 Å². The Morgan fingerprint density at radius 3 is 2.71 bits per heavy atom. The fourth-order valence-electron chi connectivity index (χ4n) is 4.01. The molecule has 180 valence electrons. The van der Waals surface area contributed by atoms with E-state index in [-0.39, 0.29) is 43.3 Å². The molecule has 0 bridgehead atoms. The number of carbonyl (C=O) groups is 2. The van der Waals surface area contributed by atoms with Crippen LogP contribution in [0.3, 0.4) is 0 Å². The normalized spacial score (nSPS) is 13.1. The number of hydrogen-bond donors (Lipinski definition) is 1. The van der Waals surface area contributed by atoms with Crippen molar-refractivity contribution in [2.75, 3.05) is 18.1 Å². The lowest BCUT2D eigenvalue weighted by Crippen LogP contribution is -2.40. The zero-order chi connectivity index (χ0) is 24.2. The Morgan fingerprint density at radius 1 is 1.15 bits per heavy atom. The van der Waals surface area contributed by atoms with Crippen LogP contribution >= 0.6 is 0 Å². The number of aryl methyl sites for hydroxylation is 2. The molecule has 34 heavy (non-hydrogen) atoms. The van der Waals surface area contributed by atoms with Crippen molar-refractivity contribution in [2.24, 2.45) is 0 Å². The van der Waals surface area contributed by atoms with Gasteiger partial charge in [-0.05, 0) is 25.5 Å². The zero-order valence-corrected chi connectivity index (χ0v) is 19.2. The molecule has 4 rings (SSSR count). The molecule has 0 radical (unpaired) electrons. The fraction of sp³-hybridized carbons (Fsp3) is 0.435. The van der Waals surface area contributed by atoms with Gasteiger partial charge in [0.05, 0.1) is 12.1 Å². The number of imidazole rings is 1. The summed E-state index contributed by atoms with van der Waals surface area (Å²) in [6, 6.07) is 7.14. The van der Waals surface area contributed by atoms with Crippen LogP contribution in [0.25, 0.3) is 11.2 Å². The van der Waals surface area contributed by atoms with Gasteiger partial charge in [-0.3, -0.25) is 23.9 Å². The van der Waals surface area contributed by atoms with Crippen molar-refractivity contribution in [2.45, 2.75) is 52.8 Å². The van der Waals surface area contributed by atoms with Crippen LogP contribution < -0.4 is 20.9 Å². The van der Waals surface area contributed by atoms with Gasteiger partial charge >= 0.3 is 11.7 Å². The molecule has 1 aliphatic rings. The fourth-order valence-corrected chi connectivity index (χ4v) is 4.01. The molecule has 0 unspecified atom stereocenters. The minimum Gasteiger partial charge on any atom is -0.482 e. The summed E-state index contributed by atoms with van der Waals surface area (Å²) in [5.74, 6) is 0.221. The number of hydrogen-bond acceptors (Lipinski definition) is 7. The van der Waals surface area contributed by atoms with Crippen LogP contribution in [0.4, 0.5) is 5.69 Å². The second-order valence-electron chi connectivity index (χ2n) is 7.92. The zero-order valence-electron chi connectivity index (χ0n) is 19.2. The van der Waals surface area contributed by atoms with Gasteiger partial charge in [0.1, 0.15) is 18.2 Å². The lowest BCUT2D eigenvalue weighted by atomic mass is 10.2. The van der Waals surface area contributed by atoms with Crippen LogP contribution in [0.5, 0.6) is 5.75 Å². The van der Waals surface area contributed by atoms with Gasteiger partial charge < -0.3 is 18.9 Å². The van der Waals surface area contributed by atoms with Crippen molar-refractivity contribution in [3.8, 4) is 5.75 Å². The first-order valence-corrected chi connectivity index (χ1v) is 11.3. The topological polar surface area (TPSA) is 129 Å². The Balaban J connectivity index is 1.49. The van der Waals surface area contributed by atoms with Crippen molar-refractivity contribution in [1.29, 1.82) is 0 Å². The van der Waals surface area contributed by atoms with Crippen molar-refractivity contribution in [3.05, 3.63) is 50.9 Å². The Kier molecular flexibility index (Phi) is 6.80. The Morgan fingerprint density at radius 2 is 1.94 bits per heavy atom. The predicted octanol–water partition coefficient (Wildman–Crippen LogP) is 1.57. The van der Waals surface area contributed by atoms with E-state index in [4.69, 9.17) is 9.47 Å². The van der Waals surface area contributed by atoms with Gasteiger partial charge in [0.2, 0.25) is 0 Å². The monoisotopic (exact) mass is 469 g/mol. The van der Waals surface area contributed by atoms with E-state index in [1.54, 1.807) is 22.8 Å². The molecule has 3 heterocycles. The highest BCUT2D eigenvalue weighted by Crippen LogP contribution is 2.31. The molecule has 3 aromatic rings. The number of aromatic amines is 1. The van der Waals surface area contributed by atoms with Crippen LogP contribution in [0.1, 0.15) is 38.9 Å². The minimum absolute atomic E-state index is 0.0196. The molecule has 0 saturated heterocycles. The molecule has 0 atom stereocenters. The van der Waals surface area contributed by atoms with Crippen molar-refractivity contribution in [3.63, 3.8) is 0 Å². The van der Waals surface area contributed by atoms with Gasteiger partial charge in [-0.25, -0.2) is 9.78 Å². The summed E-state index contributed by atoms with van der Waals surface area (Å²) >= 11 is 0. The number of ether oxygens (including phenoxy) is 2. The van der Waals surface area contributed by atoms with E-state index < -0.39 is 17.2 Å². The number of para-hydroxylation sites is 2. The van der Waals surface area contributed by atoms with E-state index in [0.717, 1.165) is 12.8 Å². The molecular weight excluding hydrogens is 442 g/mol. The highest BCUT2D eigenvalue weighted by molar-refractivity contribution is 5.98. The van der Waals surface area contributed by atoms with Crippen molar-refractivity contribution < 1.29 is 19.1 Å². The first-order chi connectivity index (χ1) is 16.4. The number of benzene rings is 1. The van der Waals surface area contributed by atoms with Gasteiger partial charge in [0.25, 0.3) is 11.5 Å². The summed E-state index contributed by atoms with van der Waals surface area (Å²) in [6.45, 7) is 4.60. The summed E-state index contributed by atoms with van der Waals surface area (Å²) in [6.07, 6.45) is 1.62. The summed E-state index contributed by atoms with van der Waals surface area (Å²) in [4.78, 5) is 57.9. The summed E-state index contributed by atoms with van der Waals surface area (Å²) in [5.41, 5.74) is 0.142. The van der Waals surface area contributed by atoms with Gasteiger partial charge in [-0.1, -0.05) is 25.5 Å². The highest BCUT2D eigenvalue weighted by atomic mass is 16.5. The average Bonchev–Trinajstić information content (AvgIpc) is 3.21. The molecule has 1 aliphatic heterocycles. The number of amides is 1. The molecule has 0 saturated carbocycles. The van der Waals surface area contributed by atoms with Gasteiger partial charge in [0, 0.05) is 19.6 Å². The number of nitrogens with zero attached hydrogens (tertiary/aromatic N) is 4. The Hall–Kier alpha value is -3.89. The number of esters is 1. The predicted molar refractivity (Wildman–Crippen MR) is 124 cm³/mol. The van der Waals surface area contributed by atoms with E-state index in [9.17, 15) is 19.2 Å². The number of rotatable bonds is 9. The maximum atomic E-state index is 12.5. The first-order valence-electron chi connectivity index (χ1n) is 11.3. The van der Waals surface area contributed by atoms with E-state index in [2.05, 4.69) is 9.97 Å².